The van der Waals surface area contributed by atoms with Crippen molar-refractivity contribution in [1.29, 1.82) is 0 Å². The lowest BCUT2D eigenvalue weighted by atomic mass is 9.50. The third kappa shape index (κ3) is 2.63. The smallest absolute Gasteiger partial charge is 0.0661 e. The monoisotopic (exact) mass is 302 g/mol. The van der Waals surface area contributed by atoms with Crippen molar-refractivity contribution in [1.82, 2.24) is 10.2 Å². The molecule has 0 radical (unpaired) electrons. The van der Waals surface area contributed by atoms with Crippen LogP contribution in [0.5, 0.6) is 0 Å². The molecule has 1 N–H and O–H groups in total. The molecule has 3 unspecified atom stereocenters. The molecule has 20 heavy (non-hydrogen) atoms. The minimum Gasteiger partial charge on any atom is -0.378 e. The van der Waals surface area contributed by atoms with Gasteiger partial charge in [-0.2, -0.15) is 0 Å². The fourth-order valence-electron chi connectivity index (χ4n) is 4.74. The van der Waals surface area contributed by atoms with Crippen LogP contribution < -0.4 is 5.32 Å². The normalized spacial score (nSPS) is 38.4. The van der Waals surface area contributed by atoms with Crippen LogP contribution in [0.2, 0.25) is 0 Å². The zero-order valence-corrected chi connectivity index (χ0v) is 14.1. The molecule has 0 amide bonds. The van der Waals surface area contributed by atoms with Gasteiger partial charge in [0.25, 0.3) is 0 Å². The number of nitrogens with one attached hydrogen (secondary N) is 1. The van der Waals surface area contributed by atoms with E-state index in [-0.39, 0.29) is 12.4 Å². The van der Waals surface area contributed by atoms with Crippen LogP contribution in [0.3, 0.4) is 0 Å². The number of nitrogens with zero attached hydrogens (tertiary/aromatic N) is 1. The molecule has 1 heterocycles. The van der Waals surface area contributed by atoms with E-state index in [9.17, 15) is 0 Å². The second-order valence-electron chi connectivity index (χ2n) is 7.43. The van der Waals surface area contributed by atoms with Crippen LogP contribution in [-0.2, 0) is 4.74 Å². The Morgan fingerprint density at radius 1 is 1.30 bits per heavy atom. The summed E-state index contributed by atoms with van der Waals surface area (Å²) in [6, 6.07) is 0.773. The second-order valence-corrected chi connectivity index (χ2v) is 7.43. The molecule has 118 valence electrons. The highest BCUT2D eigenvalue weighted by Crippen LogP contribution is 2.59. The minimum absolute atomic E-state index is 0. The van der Waals surface area contributed by atoms with Crippen molar-refractivity contribution in [3.8, 4) is 0 Å². The number of hydrogen-bond donors (Lipinski definition) is 1. The van der Waals surface area contributed by atoms with E-state index in [1.54, 1.807) is 0 Å². The molecule has 1 saturated heterocycles. The molecule has 3 aliphatic rings. The predicted octanol–water partition coefficient (Wildman–Crippen LogP) is 2.69. The first-order chi connectivity index (χ1) is 9.10. The molecule has 3 fully saturated rings. The molecule has 0 aromatic carbocycles. The fourth-order valence-corrected chi connectivity index (χ4v) is 4.74. The average Bonchev–Trinajstić information content (AvgIpc) is 2.67. The Morgan fingerprint density at radius 3 is 2.55 bits per heavy atom. The lowest BCUT2D eigenvalue weighted by Crippen LogP contribution is -2.67. The molecule has 2 aliphatic carbocycles. The molecule has 3 nitrogen and oxygen atoms in total. The van der Waals surface area contributed by atoms with Crippen LogP contribution in [0.15, 0.2) is 0 Å². The summed E-state index contributed by atoms with van der Waals surface area (Å²) < 4.78 is 5.97. The summed E-state index contributed by atoms with van der Waals surface area (Å²) in [5, 5.41) is 3.52. The molecule has 2 saturated carbocycles. The second kappa shape index (κ2) is 6.12. The van der Waals surface area contributed by atoms with Gasteiger partial charge in [-0.05, 0) is 51.6 Å². The van der Waals surface area contributed by atoms with Crippen molar-refractivity contribution in [2.45, 2.75) is 58.1 Å². The van der Waals surface area contributed by atoms with Gasteiger partial charge in [-0.1, -0.05) is 13.3 Å². The van der Waals surface area contributed by atoms with Crippen LogP contribution >= 0.6 is 12.4 Å². The third-order valence-electron chi connectivity index (χ3n) is 6.01. The van der Waals surface area contributed by atoms with Gasteiger partial charge >= 0.3 is 0 Å². The largest absolute Gasteiger partial charge is 0.378 e. The number of ether oxygens (including phenoxy) is 1. The van der Waals surface area contributed by atoms with Gasteiger partial charge in [-0.3, -0.25) is 0 Å². The van der Waals surface area contributed by atoms with E-state index in [4.69, 9.17) is 4.74 Å². The van der Waals surface area contributed by atoms with E-state index in [1.165, 1.54) is 51.7 Å². The zero-order chi connectivity index (χ0) is 13.5. The van der Waals surface area contributed by atoms with Gasteiger partial charge in [-0.15, -0.1) is 12.4 Å². The third-order valence-corrected chi connectivity index (χ3v) is 6.01. The maximum Gasteiger partial charge on any atom is 0.0661 e. The number of rotatable bonds is 5. The predicted molar refractivity (Wildman–Crippen MR) is 85.6 cm³/mol. The number of hydrogen-bond acceptors (Lipinski definition) is 3. The van der Waals surface area contributed by atoms with Gasteiger partial charge in [0.15, 0.2) is 0 Å². The summed E-state index contributed by atoms with van der Waals surface area (Å²) in [6.45, 7) is 9.08. The van der Waals surface area contributed by atoms with Gasteiger partial charge in [-0.25, -0.2) is 0 Å². The first-order valence-electron chi connectivity index (χ1n) is 8.12. The fraction of sp³-hybridized carbons (Fsp3) is 1.00. The van der Waals surface area contributed by atoms with Crippen LogP contribution in [0, 0.1) is 10.8 Å². The Morgan fingerprint density at radius 2 is 2.05 bits per heavy atom. The summed E-state index contributed by atoms with van der Waals surface area (Å²) in [5.41, 5.74) is 1.00. The summed E-state index contributed by atoms with van der Waals surface area (Å²) >= 11 is 0. The molecule has 1 spiro atoms. The van der Waals surface area contributed by atoms with E-state index in [0.29, 0.717) is 16.9 Å². The van der Waals surface area contributed by atoms with E-state index in [2.05, 4.69) is 31.1 Å². The first-order valence-corrected chi connectivity index (χ1v) is 8.12. The van der Waals surface area contributed by atoms with E-state index in [0.717, 1.165) is 12.6 Å². The average molecular weight is 303 g/mol. The summed E-state index contributed by atoms with van der Waals surface area (Å²) in [4.78, 5) is 2.65. The molecule has 3 rings (SSSR count). The van der Waals surface area contributed by atoms with Crippen molar-refractivity contribution in [2.24, 2.45) is 10.8 Å². The molecular weight excluding hydrogens is 272 g/mol. The van der Waals surface area contributed by atoms with E-state index >= 15 is 0 Å². The molecule has 3 atom stereocenters. The Hall–Kier alpha value is 0.170. The van der Waals surface area contributed by atoms with Crippen molar-refractivity contribution >= 4 is 12.4 Å². The van der Waals surface area contributed by atoms with Gasteiger partial charge in [0, 0.05) is 31.2 Å². The summed E-state index contributed by atoms with van der Waals surface area (Å²) in [5.74, 6) is 0. The molecule has 1 aliphatic heterocycles. The van der Waals surface area contributed by atoms with Crippen LogP contribution in [-0.4, -0.2) is 50.3 Å². The lowest BCUT2D eigenvalue weighted by Gasteiger charge is -2.64. The molecule has 0 aromatic rings. The molecule has 4 heteroatoms. The Kier molecular flexibility index (Phi) is 5.06. The van der Waals surface area contributed by atoms with Crippen LogP contribution in [0.1, 0.15) is 46.0 Å². The molecule has 0 bridgehead atoms. The van der Waals surface area contributed by atoms with Crippen molar-refractivity contribution in [2.75, 3.05) is 33.3 Å². The van der Waals surface area contributed by atoms with Gasteiger partial charge < -0.3 is 15.0 Å². The van der Waals surface area contributed by atoms with Gasteiger partial charge in [0.2, 0.25) is 0 Å². The molecule has 0 aromatic heterocycles. The maximum atomic E-state index is 5.97. The van der Waals surface area contributed by atoms with Gasteiger partial charge in [0.05, 0.1) is 6.10 Å². The Bertz CT molecular complexity index is 326. The highest BCUT2D eigenvalue weighted by Gasteiger charge is 2.60. The topological polar surface area (TPSA) is 24.5 Å². The minimum atomic E-state index is 0. The highest BCUT2D eigenvalue weighted by molar-refractivity contribution is 5.85. The van der Waals surface area contributed by atoms with Crippen LogP contribution in [0.4, 0.5) is 0 Å². The number of halogens is 1. The Balaban J connectivity index is 0.00000147. The van der Waals surface area contributed by atoms with Crippen LogP contribution in [0.25, 0.3) is 0 Å². The Labute approximate surface area is 130 Å². The summed E-state index contributed by atoms with van der Waals surface area (Å²) in [6.07, 6.45) is 7.32. The van der Waals surface area contributed by atoms with Crippen molar-refractivity contribution in [3.63, 3.8) is 0 Å². The van der Waals surface area contributed by atoms with Crippen molar-refractivity contribution in [3.05, 3.63) is 0 Å². The zero-order valence-electron chi connectivity index (χ0n) is 13.3. The van der Waals surface area contributed by atoms with E-state index < -0.39 is 0 Å². The lowest BCUT2D eigenvalue weighted by molar-refractivity contribution is -0.202. The van der Waals surface area contributed by atoms with Crippen molar-refractivity contribution < 1.29 is 4.74 Å². The SMILES string of the molecule is CCOC1CC(N(C)CC2(C)CCNC2)C12CCC2.Cl. The molecular formula is C16H31ClN2O. The standard InChI is InChI=1S/C16H30N2O.ClH/c1-4-19-14-10-13(16(14)6-5-7-16)18(3)12-15(2)8-9-17-11-15;/h13-14,17H,4-12H2,1-3H3;1H. The van der Waals surface area contributed by atoms with E-state index in [1.807, 2.05) is 0 Å². The maximum absolute atomic E-state index is 5.97. The highest BCUT2D eigenvalue weighted by atomic mass is 35.5. The van der Waals surface area contributed by atoms with Gasteiger partial charge in [0.1, 0.15) is 0 Å². The quantitative estimate of drug-likeness (QED) is 0.845. The summed E-state index contributed by atoms with van der Waals surface area (Å²) in [7, 11) is 2.34. The first kappa shape index (κ1) is 16.5.